The molecule has 6 heteroatoms. The van der Waals surface area contributed by atoms with Crippen molar-refractivity contribution in [2.24, 2.45) is 4.99 Å². The highest BCUT2D eigenvalue weighted by molar-refractivity contribution is 6.08. The van der Waals surface area contributed by atoms with E-state index in [1.165, 1.54) is 6.33 Å². The van der Waals surface area contributed by atoms with E-state index in [1.807, 2.05) is 18.2 Å². The van der Waals surface area contributed by atoms with Crippen LogP contribution in [0.25, 0.3) is 11.1 Å². The fourth-order valence-corrected chi connectivity index (χ4v) is 3.29. The van der Waals surface area contributed by atoms with Crippen LogP contribution in [0.2, 0.25) is 0 Å². The first-order chi connectivity index (χ1) is 11.2. The van der Waals surface area contributed by atoms with Crippen LogP contribution in [0.5, 0.6) is 0 Å². The summed E-state index contributed by atoms with van der Waals surface area (Å²) in [4.78, 5) is 25.7. The van der Waals surface area contributed by atoms with Crippen LogP contribution in [0.4, 0.5) is 0 Å². The highest BCUT2D eigenvalue weighted by Gasteiger charge is 2.47. The number of hydrogen-bond donors (Lipinski definition) is 1. The molecule has 1 aromatic carbocycles. The van der Waals surface area contributed by atoms with E-state index in [0.717, 1.165) is 28.7 Å². The average Bonchev–Trinajstić information content (AvgIpc) is 3.03. The number of carbonyl (C=O) groups excluding carboxylic acids is 1. The van der Waals surface area contributed by atoms with Crippen molar-refractivity contribution in [2.75, 3.05) is 13.7 Å². The summed E-state index contributed by atoms with van der Waals surface area (Å²) in [6.07, 6.45) is 6.47. The summed E-state index contributed by atoms with van der Waals surface area (Å²) in [6, 6.07) is 6.22. The summed E-state index contributed by atoms with van der Waals surface area (Å²) in [6.45, 7) is 0.306. The Hall–Kier alpha value is -2.76. The van der Waals surface area contributed by atoms with Crippen molar-refractivity contribution >= 4 is 11.8 Å². The first-order valence-corrected chi connectivity index (χ1v) is 7.56. The van der Waals surface area contributed by atoms with Crippen LogP contribution in [-0.2, 0) is 11.2 Å². The smallest absolute Gasteiger partial charge is 0.285 e. The van der Waals surface area contributed by atoms with Gasteiger partial charge in [-0.15, -0.1) is 0 Å². The summed E-state index contributed by atoms with van der Waals surface area (Å²) in [5, 5.41) is 2.88. The summed E-state index contributed by atoms with van der Waals surface area (Å²) in [5.74, 6) is 0.0303. The monoisotopic (exact) mass is 308 g/mol. The number of rotatable bonds is 1. The van der Waals surface area contributed by atoms with Gasteiger partial charge in [-0.3, -0.25) is 4.79 Å². The number of nitrogens with one attached hydrogen (secondary N) is 1. The molecule has 1 aliphatic carbocycles. The molecule has 0 saturated heterocycles. The molecule has 23 heavy (non-hydrogen) atoms. The van der Waals surface area contributed by atoms with Crippen molar-refractivity contribution in [2.45, 2.75) is 18.4 Å². The molecule has 0 amide bonds. The van der Waals surface area contributed by atoms with Crippen molar-refractivity contribution in [3.05, 3.63) is 48.0 Å². The number of fused-ring (bicyclic) bond motifs is 1. The summed E-state index contributed by atoms with van der Waals surface area (Å²) >= 11 is 0. The number of ether oxygens (including phenoxy) is 1. The molecule has 0 unspecified atom stereocenters. The Balaban J connectivity index is 1.80. The Morgan fingerprint density at radius 3 is 2.74 bits per heavy atom. The SMILES string of the molecule is CNC1=N[C@@]2(CCc3c(cccc3-c3cncnc3)C2=O)CO1. The minimum absolute atomic E-state index is 0.0303. The summed E-state index contributed by atoms with van der Waals surface area (Å²) < 4.78 is 5.49. The third kappa shape index (κ3) is 2.10. The molecule has 116 valence electrons. The Bertz CT molecular complexity index is 803. The number of carbonyl (C=O) groups is 1. The topological polar surface area (TPSA) is 76.5 Å². The van der Waals surface area contributed by atoms with Gasteiger partial charge in [-0.25, -0.2) is 15.0 Å². The lowest BCUT2D eigenvalue weighted by Gasteiger charge is -2.29. The van der Waals surface area contributed by atoms with Crippen LogP contribution in [-0.4, -0.2) is 41.0 Å². The molecule has 1 aliphatic heterocycles. The number of Topliss-reactive ketones (excluding diaryl/α,β-unsaturated/α-hetero) is 1. The van der Waals surface area contributed by atoms with E-state index < -0.39 is 5.54 Å². The van der Waals surface area contributed by atoms with E-state index in [4.69, 9.17) is 4.74 Å². The molecule has 0 fully saturated rings. The van der Waals surface area contributed by atoms with Crippen molar-refractivity contribution in [3.63, 3.8) is 0 Å². The maximum Gasteiger partial charge on any atom is 0.285 e. The molecule has 0 saturated carbocycles. The van der Waals surface area contributed by atoms with Gasteiger partial charge < -0.3 is 10.1 Å². The second-order valence-corrected chi connectivity index (χ2v) is 5.78. The molecule has 1 aromatic heterocycles. The van der Waals surface area contributed by atoms with Crippen molar-refractivity contribution in [3.8, 4) is 11.1 Å². The molecule has 2 heterocycles. The molecule has 0 radical (unpaired) electrons. The van der Waals surface area contributed by atoms with Gasteiger partial charge in [0, 0.05) is 30.6 Å². The lowest BCUT2D eigenvalue weighted by Crippen LogP contribution is -2.42. The van der Waals surface area contributed by atoms with Crippen molar-refractivity contribution in [1.82, 2.24) is 15.3 Å². The van der Waals surface area contributed by atoms with E-state index in [0.29, 0.717) is 19.0 Å². The third-order valence-corrected chi connectivity index (χ3v) is 4.48. The summed E-state index contributed by atoms with van der Waals surface area (Å²) in [7, 11) is 1.74. The first kappa shape index (κ1) is 13.9. The molecule has 4 rings (SSSR count). The normalized spacial score (nSPS) is 22.5. The number of benzene rings is 1. The Morgan fingerprint density at radius 2 is 2.00 bits per heavy atom. The van der Waals surface area contributed by atoms with Gasteiger partial charge in [0.2, 0.25) is 0 Å². The van der Waals surface area contributed by atoms with Gasteiger partial charge in [-0.1, -0.05) is 18.2 Å². The number of hydrogen-bond acceptors (Lipinski definition) is 6. The average molecular weight is 308 g/mol. The van der Waals surface area contributed by atoms with Crippen LogP contribution in [0, 0.1) is 0 Å². The maximum absolute atomic E-state index is 13.0. The largest absolute Gasteiger partial charge is 0.462 e. The molecule has 6 nitrogen and oxygen atoms in total. The number of ketones is 1. The lowest BCUT2D eigenvalue weighted by molar-refractivity contribution is 0.0835. The third-order valence-electron chi connectivity index (χ3n) is 4.48. The molecule has 0 bridgehead atoms. The molecule has 1 N–H and O–H groups in total. The molecular formula is C17H16N4O2. The van der Waals surface area contributed by atoms with Crippen molar-refractivity contribution < 1.29 is 9.53 Å². The second kappa shape index (κ2) is 5.15. The standard InChI is InChI=1S/C17H16N4O2/c1-18-16-21-17(9-23-16)6-5-13-12(11-7-19-10-20-8-11)3-2-4-14(13)15(17)22/h2-4,7-8,10H,5-6,9H2,1H3,(H,18,21)/t17-/m0/s1. The molecule has 2 aliphatic rings. The second-order valence-electron chi connectivity index (χ2n) is 5.78. The Morgan fingerprint density at radius 1 is 1.22 bits per heavy atom. The van der Waals surface area contributed by atoms with Gasteiger partial charge >= 0.3 is 0 Å². The zero-order chi connectivity index (χ0) is 15.9. The predicted octanol–water partition coefficient (Wildman–Crippen LogP) is 1.62. The molecular weight excluding hydrogens is 292 g/mol. The van der Waals surface area contributed by atoms with Gasteiger partial charge in [0.25, 0.3) is 6.02 Å². The number of nitrogens with zero attached hydrogens (tertiary/aromatic N) is 3. The fourth-order valence-electron chi connectivity index (χ4n) is 3.29. The Labute approximate surface area is 133 Å². The summed E-state index contributed by atoms with van der Waals surface area (Å²) in [5.41, 5.74) is 2.93. The molecule has 2 aromatic rings. The van der Waals surface area contributed by atoms with Gasteiger partial charge in [0.05, 0.1) is 0 Å². The zero-order valence-electron chi connectivity index (χ0n) is 12.7. The van der Waals surface area contributed by atoms with E-state index >= 15 is 0 Å². The van der Waals surface area contributed by atoms with Crippen LogP contribution in [0.15, 0.2) is 41.9 Å². The maximum atomic E-state index is 13.0. The number of aromatic nitrogens is 2. The van der Waals surface area contributed by atoms with Crippen LogP contribution >= 0.6 is 0 Å². The van der Waals surface area contributed by atoms with Crippen LogP contribution in [0.3, 0.4) is 0 Å². The quantitative estimate of drug-likeness (QED) is 0.866. The van der Waals surface area contributed by atoms with E-state index in [2.05, 4.69) is 20.3 Å². The van der Waals surface area contributed by atoms with Gasteiger partial charge in [0.15, 0.2) is 11.3 Å². The first-order valence-electron chi connectivity index (χ1n) is 7.56. The van der Waals surface area contributed by atoms with E-state index in [-0.39, 0.29) is 5.78 Å². The van der Waals surface area contributed by atoms with E-state index in [9.17, 15) is 4.79 Å². The van der Waals surface area contributed by atoms with Crippen molar-refractivity contribution in [1.29, 1.82) is 0 Å². The zero-order valence-corrected chi connectivity index (χ0v) is 12.7. The highest BCUT2D eigenvalue weighted by atomic mass is 16.5. The Kier molecular flexibility index (Phi) is 3.11. The molecule has 1 spiro atoms. The number of aliphatic imine (C=N–C) groups is 1. The van der Waals surface area contributed by atoms with Crippen LogP contribution < -0.4 is 5.32 Å². The van der Waals surface area contributed by atoms with E-state index in [1.54, 1.807) is 19.4 Å². The minimum atomic E-state index is -0.781. The predicted molar refractivity (Wildman–Crippen MR) is 85.3 cm³/mol. The van der Waals surface area contributed by atoms with Crippen LogP contribution in [0.1, 0.15) is 22.3 Å². The number of amidine groups is 1. The van der Waals surface area contributed by atoms with Gasteiger partial charge in [-0.2, -0.15) is 0 Å². The fraction of sp³-hybridized carbons (Fsp3) is 0.294. The highest BCUT2D eigenvalue weighted by Crippen LogP contribution is 2.38. The van der Waals surface area contributed by atoms with Gasteiger partial charge in [0.1, 0.15) is 12.9 Å². The lowest BCUT2D eigenvalue weighted by atomic mass is 9.76. The minimum Gasteiger partial charge on any atom is -0.462 e. The molecule has 1 atom stereocenters. The van der Waals surface area contributed by atoms with Gasteiger partial charge in [-0.05, 0) is 24.0 Å².